The zero-order chi connectivity index (χ0) is 10.6. The van der Waals surface area contributed by atoms with Gasteiger partial charge in [0, 0.05) is 10.4 Å². The van der Waals surface area contributed by atoms with Gasteiger partial charge in [-0.15, -0.1) is 0 Å². The van der Waals surface area contributed by atoms with Crippen molar-refractivity contribution in [1.82, 2.24) is 4.72 Å². The fourth-order valence-corrected chi connectivity index (χ4v) is 1.41. The third-order valence-corrected chi connectivity index (χ3v) is 2.91. The minimum absolute atomic E-state index is 0.624. The van der Waals surface area contributed by atoms with Gasteiger partial charge in [-0.25, -0.2) is 13.1 Å². The number of rotatable bonds is 3. The van der Waals surface area contributed by atoms with Gasteiger partial charge in [-0.3, -0.25) is 0 Å². The smallest absolute Gasteiger partial charge is 0.215 e. The third-order valence-electron chi connectivity index (χ3n) is 1.59. The maximum atomic E-state index is 11.0. The van der Waals surface area contributed by atoms with Crippen LogP contribution in [0.1, 0.15) is 5.56 Å². The molecule has 1 rings (SSSR count). The predicted octanol–water partition coefficient (Wildman–Crippen LogP) is 1.86. The fourth-order valence-electron chi connectivity index (χ4n) is 0.810. The van der Waals surface area contributed by atoms with E-state index in [4.69, 9.17) is 11.6 Å². The van der Waals surface area contributed by atoms with Crippen molar-refractivity contribution in [3.05, 3.63) is 40.3 Å². The van der Waals surface area contributed by atoms with E-state index in [1.54, 1.807) is 24.3 Å². The van der Waals surface area contributed by atoms with E-state index in [0.29, 0.717) is 5.02 Å². The van der Waals surface area contributed by atoms with Crippen molar-refractivity contribution in [2.75, 3.05) is 7.05 Å². The quantitative estimate of drug-likeness (QED) is 0.863. The Morgan fingerprint density at radius 3 is 2.36 bits per heavy atom. The highest BCUT2D eigenvalue weighted by molar-refractivity contribution is 7.92. The highest BCUT2D eigenvalue weighted by Crippen LogP contribution is 2.10. The molecule has 1 aromatic carbocycles. The summed E-state index contributed by atoms with van der Waals surface area (Å²) < 4.78 is 24.2. The van der Waals surface area contributed by atoms with E-state index in [1.165, 1.54) is 13.1 Å². The summed E-state index contributed by atoms with van der Waals surface area (Å²) >= 11 is 5.67. The Hall–Kier alpha value is -0.840. The Balaban J connectivity index is 2.84. The first-order valence-electron chi connectivity index (χ1n) is 3.91. The van der Waals surface area contributed by atoms with Gasteiger partial charge in [0.15, 0.2) is 0 Å². The van der Waals surface area contributed by atoms with Gasteiger partial charge in [0.1, 0.15) is 0 Å². The molecule has 0 atom stereocenters. The van der Waals surface area contributed by atoms with Crippen LogP contribution < -0.4 is 4.72 Å². The highest BCUT2D eigenvalue weighted by atomic mass is 35.5. The van der Waals surface area contributed by atoms with E-state index in [0.717, 1.165) is 11.0 Å². The van der Waals surface area contributed by atoms with Gasteiger partial charge in [0.25, 0.3) is 0 Å². The zero-order valence-electron chi connectivity index (χ0n) is 7.57. The molecule has 0 aliphatic carbocycles. The molecule has 0 aromatic heterocycles. The second-order valence-corrected chi connectivity index (χ2v) is 4.81. The fraction of sp³-hybridized carbons (Fsp3) is 0.111. The summed E-state index contributed by atoms with van der Waals surface area (Å²) in [5.41, 5.74) is 0.785. The van der Waals surface area contributed by atoms with Crippen molar-refractivity contribution in [3.8, 4) is 0 Å². The molecular weight excluding hydrogens is 222 g/mol. The van der Waals surface area contributed by atoms with Gasteiger partial charge in [0.05, 0.1) is 0 Å². The summed E-state index contributed by atoms with van der Waals surface area (Å²) in [6.07, 6.45) is 1.50. The summed E-state index contributed by atoms with van der Waals surface area (Å²) in [7, 11) is -1.93. The molecule has 0 spiro atoms. The number of hydrogen-bond acceptors (Lipinski definition) is 2. The maximum Gasteiger partial charge on any atom is 0.233 e. The Bertz CT molecular complexity index is 423. The topological polar surface area (TPSA) is 46.2 Å². The van der Waals surface area contributed by atoms with E-state index < -0.39 is 10.0 Å². The van der Waals surface area contributed by atoms with E-state index >= 15 is 0 Å². The zero-order valence-corrected chi connectivity index (χ0v) is 9.14. The Kier molecular flexibility index (Phi) is 3.69. The van der Waals surface area contributed by atoms with Crippen molar-refractivity contribution in [3.63, 3.8) is 0 Å². The Morgan fingerprint density at radius 2 is 1.86 bits per heavy atom. The van der Waals surface area contributed by atoms with Crippen LogP contribution in [0.15, 0.2) is 29.7 Å². The number of nitrogens with one attached hydrogen (secondary N) is 1. The standard InChI is InChI=1S/C9H10ClNO2S/c1-11-14(12,13)7-6-8-2-4-9(10)5-3-8/h2-7,11H,1H3. The van der Waals surface area contributed by atoms with Gasteiger partial charge in [-0.1, -0.05) is 23.7 Å². The van der Waals surface area contributed by atoms with Gasteiger partial charge in [-0.2, -0.15) is 0 Å². The third kappa shape index (κ3) is 3.49. The first-order valence-corrected chi connectivity index (χ1v) is 5.83. The van der Waals surface area contributed by atoms with Gasteiger partial charge >= 0.3 is 0 Å². The van der Waals surface area contributed by atoms with Crippen LogP contribution in [0.5, 0.6) is 0 Å². The van der Waals surface area contributed by atoms with Crippen LogP contribution in [0.2, 0.25) is 5.02 Å². The summed E-state index contributed by atoms with van der Waals surface area (Å²) in [6, 6.07) is 6.88. The molecule has 0 saturated heterocycles. The first-order chi connectivity index (χ1) is 6.53. The van der Waals surface area contributed by atoms with E-state index in [2.05, 4.69) is 4.72 Å². The second-order valence-electron chi connectivity index (χ2n) is 2.60. The molecule has 0 radical (unpaired) electrons. The lowest BCUT2D eigenvalue weighted by atomic mass is 10.2. The SMILES string of the molecule is CNS(=O)(=O)C=Cc1ccc(Cl)cc1. The molecule has 0 aliphatic heterocycles. The van der Waals surface area contributed by atoms with Crippen molar-refractivity contribution < 1.29 is 8.42 Å². The minimum atomic E-state index is -3.29. The molecular formula is C9H10ClNO2S. The molecule has 1 N–H and O–H groups in total. The molecule has 0 unspecified atom stereocenters. The molecule has 0 aliphatic rings. The summed E-state index contributed by atoms with van der Waals surface area (Å²) in [6.45, 7) is 0. The molecule has 5 heteroatoms. The van der Waals surface area contributed by atoms with Gasteiger partial charge < -0.3 is 0 Å². The molecule has 0 fully saturated rings. The highest BCUT2D eigenvalue weighted by Gasteiger charge is 1.98. The van der Waals surface area contributed by atoms with E-state index in [-0.39, 0.29) is 0 Å². The average Bonchev–Trinajstić information content (AvgIpc) is 2.17. The summed E-state index contributed by atoms with van der Waals surface area (Å²) in [5.74, 6) is 0. The number of sulfonamides is 1. The molecule has 14 heavy (non-hydrogen) atoms. The molecule has 0 saturated carbocycles. The minimum Gasteiger partial charge on any atom is -0.215 e. The van der Waals surface area contributed by atoms with Gasteiger partial charge in [0.2, 0.25) is 10.0 Å². The molecule has 0 amide bonds. The van der Waals surface area contributed by atoms with Crippen LogP contribution in [-0.2, 0) is 10.0 Å². The molecule has 0 bridgehead atoms. The molecule has 76 valence electrons. The van der Waals surface area contributed by atoms with Crippen LogP contribution in [0.3, 0.4) is 0 Å². The largest absolute Gasteiger partial charge is 0.233 e. The Labute approximate surface area is 88.5 Å². The van der Waals surface area contributed by atoms with Gasteiger partial charge in [-0.05, 0) is 30.8 Å². The predicted molar refractivity (Wildman–Crippen MR) is 58.5 cm³/mol. The Morgan fingerprint density at radius 1 is 1.29 bits per heavy atom. The average molecular weight is 232 g/mol. The maximum absolute atomic E-state index is 11.0. The van der Waals surface area contributed by atoms with Crippen molar-refractivity contribution >= 4 is 27.7 Å². The summed E-state index contributed by atoms with van der Waals surface area (Å²) in [5, 5.41) is 1.73. The number of hydrogen-bond donors (Lipinski definition) is 1. The van der Waals surface area contributed by atoms with Crippen molar-refractivity contribution in [2.24, 2.45) is 0 Å². The normalized spacial score (nSPS) is 12.1. The molecule has 1 aromatic rings. The molecule has 3 nitrogen and oxygen atoms in total. The van der Waals surface area contributed by atoms with Crippen LogP contribution in [0, 0.1) is 0 Å². The first kappa shape index (κ1) is 11.2. The lowest BCUT2D eigenvalue weighted by Crippen LogP contribution is -2.14. The van der Waals surface area contributed by atoms with Crippen LogP contribution in [-0.4, -0.2) is 15.5 Å². The lowest BCUT2D eigenvalue weighted by Gasteiger charge is -1.95. The van der Waals surface area contributed by atoms with Crippen molar-refractivity contribution in [2.45, 2.75) is 0 Å². The summed E-state index contributed by atoms with van der Waals surface area (Å²) in [4.78, 5) is 0. The van der Waals surface area contributed by atoms with Crippen LogP contribution in [0.25, 0.3) is 6.08 Å². The monoisotopic (exact) mass is 231 g/mol. The van der Waals surface area contributed by atoms with E-state index in [1.807, 2.05) is 0 Å². The van der Waals surface area contributed by atoms with Crippen LogP contribution in [0.4, 0.5) is 0 Å². The second kappa shape index (κ2) is 4.59. The van der Waals surface area contributed by atoms with E-state index in [9.17, 15) is 8.42 Å². The number of benzene rings is 1. The van der Waals surface area contributed by atoms with Crippen molar-refractivity contribution in [1.29, 1.82) is 0 Å². The van der Waals surface area contributed by atoms with Crippen LogP contribution >= 0.6 is 11.6 Å². The number of halogens is 1. The molecule has 0 heterocycles. The lowest BCUT2D eigenvalue weighted by molar-refractivity contribution is 0.597.